The van der Waals surface area contributed by atoms with E-state index in [9.17, 15) is 4.79 Å². The molecule has 1 aromatic carbocycles. The monoisotopic (exact) mass is 304 g/mol. The lowest BCUT2D eigenvalue weighted by atomic mass is 10.3. The lowest BCUT2D eigenvalue weighted by molar-refractivity contribution is 0.250. The second-order valence-corrected chi connectivity index (χ2v) is 5.20. The van der Waals surface area contributed by atoms with Crippen molar-refractivity contribution in [3.63, 3.8) is 0 Å². The molecule has 1 aromatic heterocycles. The maximum absolute atomic E-state index is 11.6. The Balaban J connectivity index is 1.99. The maximum Gasteiger partial charge on any atom is 0.319 e. The minimum atomic E-state index is -0.251. The van der Waals surface area contributed by atoms with Gasteiger partial charge in [-0.2, -0.15) is 0 Å². The van der Waals surface area contributed by atoms with Gasteiger partial charge in [0.2, 0.25) is 0 Å². The van der Waals surface area contributed by atoms with Gasteiger partial charge in [0.25, 0.3) is 0 Å². The van der Waals surface area contributed by atoms with E-state index < -0.39 is 0 Å². The van der Waals surface area contributed by atoms with Crippen LogP contribution in [0.2, 0.25) is 5.02 Å². The van der Waals surface area contributed by atoms with E-state index in [0.717, 1.165) is 5.69 Å². The van der Waals surface area contributed by atoms with E-state index in [4.69, 9.17) is 11.6 Å². The summed E-state index contributed by atoms with van der Waals surface area (Å²) in [5.41, 5.74) is 1.41. The molecule has 0 aliphatic rings. The van der Waals surface area contributed by atoms with Crippen LogP contribution in [0.3, 0.4) is 0 Å². The molecule has 0 saturated heterocycles. The predicted octanol–water partition coefficient (Wildman–Crippen LogP) is 4.01. The number of hydrogen-bond donors (Lipinski definition) is 3. The van der Waals surface area contributed by atoms with Gasteiger partial charge in [0.1, 0.15) is 5.82 Å². The summed E-state index contributed by atoms with van der Waals surface area (Å²) in [5, 5.41) is 9.19. The molecule has 0 aliphatic carbocycles. The standard InChI is InChI=1S/C15H17ClN4O/c1-10(2)18-15(21)19-11-7-8-14(17-9-11)20-13-6-4-3-5-12(13)16/h3-10H,1-2H3,(H,17,20)(H2,18,19,21). The molecule has 0 spiro atoms. The van der Waals surface area contributed by atoms with Gasteiger partial charge in [-0.05, 0) is 38.1 Å². The number of halogens is 1. The Hall–Kier alpha value is -2.27. The average Bonchev–Trinajstić information content (AvgIpc) is 2.42. The summed E-state index contributed by atoms with van der Waals surface area (Å²) in [6.07, 6.45) is 1.58. The summed E-state index contributed by atoms with van der Waals surface area (Å²) in [6, 6.07) is 10.8. The number of anilines is 3. The van der Waals surface area contributed by atoms with Crippen molar-refractivity contribution in [2.75, 3.05) is 10.6 Å². The van der Waals surface area contributed by atoms with Crippen LogP contribution in [-0.2, 0) is 0 Å². The van der Waals surface area contributed by atoms with Crippen LogP contribution in [0.25, 0.3) is 0 Å². The molecule has 0 unspecified atom stereocenters. The molecule has 0 bridgehead atoms. The van der Waals surface area contributed by atoms with Crippen LogP contribution >= 0.6 is 11.6 Å². The van der Waals surface area contributed by atoms with Gasteiger partial charge in [-0.15, -0.1) is 0 Å². The molecule has 0 saturated carbocycles. The van der Waals surface area contributed by atoms with Gasteiger partial charge in [0, 0.05) is 6.04 Å². The van der Waals surface area contributed by atoms with Crippen LogP contribution in [0.1, 0.15) is 13.8 Å². The minimum absolute atomic E-state index is 0.0825. The number of nitrogens with one attached hydrogen (secondary N) is 3. The lowest BCUT2D eigenvalue weighted by Gasteiger charge is -2.11. The molecule has 2 rings (SSSR count). The zero-order valence-electron chi connectivity index (χ0n) is 11.9. The van der Waals surface area contributed by atoms with Crippen molar-refractivity contribution < 1.29 is 4.79 Å². The Morgan fingerprint density at radius 1 is 1.19 bits per heavy atom. The Kier molecular flexibility index (Phi) is 5.00. The van der Waals surface area contributed by atoms with Gasteiger partial charge in [0.15, 0.2) is 0 Å². The number of para-hydroxylation sites is 1. The number of amides is 2. The SMILES string of the molecule is CC(C)NC(=O)Nc1ccc(Nc2ccccc2Cl)nc1. The first-order valence-electron chi connectivity index (χ1n) is 6.59. The van der Waals surface area contributed by atoms with E-state index in [0.29, 0.717) is 16.5 Å². The van der Waals surface area contributed by atoms with Gasteiger partial charge in [-0.3, -0.25) is 0 Å². The van der Waals surface area contributed by atoms with E-state index in [2.05, 4.69) is 20.9 Å². The first-order valence-corrected chi connectivity index (χ1v) is 6.97. The van der Waals surface area contributed by atoms with Crippen LogP contribution in [0.5, 0.6) is 0 Å². The van der Waals surface area contributed by atoms with Crippen LogP contribution in [0, 0.1) is 0 Å². The highest BCUT2D eigenvalue weighted by Gasteiger charge is 2.04. The Labute approximate surface area is 128 Å². The molecular formula is C15H17ClN4O. The van der Waals surface area contributed by atoms with Gasteiger partial charge < -0.3 is 16.0 Å². The van der Waals surface area contributed by atoms with E-state index >= 15 is 0 Å². The smallest absolute Gasteiger partial charge is 0.319 e. The number of aromatic nitrogens is 1. The fourth-order valence-corrected chi connectivity index (χ4v) is 1.85. The van der Waals surface area contributed by atoms with Crippen molar-refractivity contribution in [1.29, 1.82) is 0 Å². The summed E-state index contributed by atoms with van der Waals surface area (Å²) in [5.74, 6) is 0.651. The van der Waals surface area contributed by atoms with Gasteiger partial charge >= 0.3 is 6.03 Å². The van der Waals surface area contributed by atoms with Gasteiger partial charge in [-0.1, -0.05) is 23.7 Å². The molecule has 0 fully saturated rings. The molecule has 21 heavy (non-hydrogen) atoms. The zero-order chi connectivity index (χ0) is 15.2. The van der Waals surface area contributed by atoms with Crippen molar-refractivity contribution in [2.45, 2.75) is 19.9 Å². The van der Waals surface area contributed by atoms with Crippen molar-refractivity contribution in [1.82, 2.24) is 10.3 Å². The third-order valence-corrected chi connectivity index (χ3v) is 2.91. The minimum Gasteiger partial charge on any atom is -0.339 e. The quantitative estimate of drug-likeness (QED) is 0.799. The average molecular weight is 305 g/mol. The van der Waals surface area contributed by atoms with Crippen LogP contribution in [0.15, 0.2) is 42.6 Å². The number of rotatable bonds is 4. The summed E-state index contributed by atoms with van der Waals surface area (Å²) in [6.45, 7) is 3.79. The first kappa shape index (κ1) is 15.1. The number of urea groups is 1. The van der Waals surface area contributed by atoms with Gasteiger partial charge in [-0.25, -0.2) is 9.78 Å². The maximum atomic E-state index is 11.6. The van der Waals surface area contributed by atoms with E-state index in [1.807, 2.05) is 32.0 Å². The number of nitrogens with zero attached hydrogens (tertiary/aromatic N) is 1. The number of hydrogen-bond acceptors (Lipinski definition) is 3. The van der Waals surface area contributed by atoms with Crippen LogP contribution in [0.4, 0.5) is 22.0 Å². The lowest BCUT2D eigenvalue weighted by Crippen LogP contribution is -2.34. The largest absolute Gasteiger partial charge is 0.339 e. The number of carbonyl (C=O) groups is 1. The summed E-state index contributed by atoms with van der Waals surface area (Å²) < 4.78 is 0. The van der Waals surface area contributed by atoms with Crippen molar-refractivity contribution in [3.05, 3.63) is 47.6 Å². The summed E-state index contributed by atoms with van der Waals surface area (Å²) in [4.78, 5) is 15.8. The topological polar surface area (TPSA) is 66.1 Å². The predicted molar refractivity (Wildman–Crippen MR) is 86.3 cm³/mol. The summed E-state index contributed by atoms with van der Waals surface area (Å²) >= 11 is 6.07. The highest BCUT2D eigenvalue weighted by Crippen LogP contribution is 2.24. The van der Waals surface area contributed by atoms with Crippen molar-refractivity contribution >= 4 is 34.8 Å². The highest BCUT2D eigenvalue weighted by atomic mass is 35.5. The Morgan fingerprint density at radius 2 is 1.95 bits per heavy atom. The molecule has 2 amide bonds. The van der Waals surface area contributed by atoms with Gasteiger partial charge in [0.05, 0.1) is 22.6 Å². The molecule has 0 radical (unpaired) electrons. The second kappa shape index (κ2) is 6.95. The Bertz CT molecular complexity index is 613. The molecule has 0 aliphatic heterocycles. The van der Waals surface area contributed by atoms with E-state index in [1.54, 1.807) is 24.4 Å². The molecule has 5 nitrogen and oxygen atoms in total. The molecule has 2 aromatic rings. The van der Waals surface area contributed by atoms with Crippen molar-refractivity contribution in [2.24, 2.45) is 0 Å². The third kappa shape index (κ3) is 4.65. The number of benzene rings is 1. The first-order chi connectivity index (χ1) is 10.0. The molecule has 6 heteroatoms. The van der Waals surface area contributed by atoms with Crippen LogP contribution < -0.4 is 16.0 Å². The molecule has 3 N–H and O–H groups in total. The van der Waals surface area contributed by atoms with E-state index in [-0.39, 0.29) is 12.1 Å². The zero-order valence-corrected chi connectivity index (χ0v) is 12.6. The fourth-order valence-electron chi connectivity index (χ4n) is 1.67. The Morgan fingerprint density at radius 3 is 2.57 bits per heavy atom. The van der Waals surface area contributed by atoms with E-state index in [1.165, 1.54) is 0 Å². The van der Waals surface area contributed by atoms with Crippen molar-refractivity contribution in [3.8, 4) is 0 Å². The molecule has 0 atom stereocenters. The molecule has 110 valence electrons. The normalized spacial score (nSPS) is 10.3. The number of carbonyl (C=O) groups excluding carboxylic acids is 1. The molecular weight excluding hydrogens is 288 g/mol. The van der Waals surface area contributed by atoms with Crippen LogP contribution in [-0.4, -0.2) is 17.1 Å². The fraction of sp³-hybridized carbons (Fsp3) is 0.200. The molecule has 1 heterocycles. The third-order valence-electron chi connectivity index (χ3n) is 2.58. The highest BCUT2D eigenvalue weighted by molar-refractivity contribution is 6.33. The summed E-state index contributed by atoms with van der Waals surface area (Å²) in [7, 11) is 0. The second-order valence-electron chi connectivity index (χ2n) is 4.79. The number of pyridine rings is 1.